The lowest BCUT2D eigenvalue weighted by Gasteiger charge is -2.25. The van der Waals surface area contributed by atoms with Crippen LogP contribution < -0.4 is 5.73 Å². The van der Waals surface area contributed by atoms with Gasteiger partial charge in [-0.25, -0.2) is 4.98 Å². The molecule has 2 N–H and O–H groups in total. The van der Waals surface area contributed by atoms with Gasteiger partial charge in [0, 0.05) is 28.2 Å². The molecule has 0 spiro atoms. The Bertz CT molecular complexity index is 376. The van der Waals surface area contributed by atoms with E-state index in [4.69, 9.17) is 10.7 Å². The maximum atomic E-state index is 5.82. The van der Waals surface area contributed by atoms with Gasteiger partial charge in [0.1, 0.15) is 5.01 Å². The Kier molecular flexibility index (Phi) is 4.80. The van der Waals surface area contributed by atoms with Crippen LogP contribution in [-0.2, 0) is 6.54 Å². The van der Waals surface area contributed by atoms with Gasteiger partial charge in [0.25, 0.3) is 0 Å². The number of aromatic nitrogens is 1. The van der Waals surface area contributed by atoms with E-state index in [0.29, 0.717) is 23.0 Å². The maximum absolute atomic E-state index is 5.82. The Hall–Kier alpha value is 0.290. The van der Waals surface area contributed by atoms with Crippen LogP contribution >= 0.6 is 34.9 Å². The minimum atomic E-state index is 0.482. The van der Waals surface area contributed by atoms with Gasteiger partial charge < -0.3 is 5.73 Å². The predicted molar refractivity (Wildman–Crippen MR) is 81.2 cm³/mol. The van der Waals surface area contributed by atoms with Gasteiger partial charge in [-0.1, -0.05) is 20.8 Å². The quantitative estimate of drug-likeness (QED) is 0.922. The fourth-order valence-corrected chi connectivity index (χ4v) is 6.26. The summed E-state index contributed by atoms with van der Waals surface area (Å²) in [5.41, 5.74) is 7.04. The molecule has 2 atom stereocenters. The van der Waals surface area contributed by atoms with Gasteiger partial charge in [0.05, 0.1) is 10.9 Å². The van der Waals surface area contributed by atoms with E-state index in [1.54, 1.807) is 0 Å². The summed E-state index contributed by atoms with van der Waals surface area (Å²) in [5.74, 6) is 3.00. The molecule has 0 aliphatic carbocycles. The summed E-state index contributed by atoms with van der Waals surface area (Å²) >= 11 is 5.95. The fraction of sp³-hybridized carbons (Fsp3) is 0.750. The Labute approximate surface area is 116 Å². The first-order valence-corrected chi connectivity index (χ1v) is 8.97. The lowest BCUT2D eigenvalue weighted by Crippen LogP contribution is -2.15. The van der Waals surface area contributed by atoms with Crippen molar-refractivity contribution in [2.75, 3.05) is 11.5 Å². The normalized spacial score (nSPS) is 25.5. The van der Waals surface area contributed by atoms with Crippen molar-refractivity contribution in [3.8, 4) is 0 Å². The highest BCUT2D eigenvalue weighted by Crippen LogP contribution is 2.44. The SMILES string of the molecule is CC(C)c1nc(C2SCCSC2C)sc1CN. The Morgan fingerprint density at radius 1 is 1.35 bits per heavy atom. The topological polar surface area (TPSA) is 38.9 Å². The van der Waals surface area contributed by atoms with Crippen LogP contribution in [0.1, 0.15) is 47.5 Å². The molecular weight excluding hydrogens is 268 g/mol. The van der Waals surface area contributed by atoms with E-state index in [1.807, 2.05) is 11.3 Å². The summed E-state index contributed by atoms with van der Waals surface area (Å²) in [6, 6.07) is 0. The van der Waals surface area contributed by atoms with Crippen molar-refractivity contribution in [3.63, 3.8) is 0 Å². The molecule has 1 aromatic heterocycles. The zero-order chi connectivity index (χ0) is 12.4. The lowest BCUT2D eigenvalue weighted by molar-refractivity contribution is 0.795. The van der Waals surface area contributed by atoms with Gasteiger partial charge in [0.15, 0.2) is 0 Å². The summed E-state index contributed by atoms with van der Waals surface area (Å²) in [6.07, 6.45) is 0. The van der Waals surface area contributed by atoms with Gasteiger partial charge in [0.2, 0.25) is 0 Å². The average Bonchev–Trinajstić information content (AvgIpc) is 2.73. The van der Waals surface area contributed by atoms with Gasteiger partial charge in [-0.15, -0.1) is 23.1 Å². The second-order valence-electron chi connectivity index (χ2n) is 4.59. The molecule has 0 aromatic carbocycles. The van der Waals surface area contributed by atoms with Crippen molar-refractivity contribution >= 4 is 34.9 Å². The number of thiazole rings is 1. The highest BCUT2D eigenvalue weighted by Gasteiger charge is 2.28. The molecule has 2 rings (SSSR count). The van der Waals surface area contributed by atoms with Gasteiger partial charge >= 0.3 is 0 Å². The fourth-order valence-electron chi connectivity index (χ4n) is 2.01. The van der Waals surface area contributed by atoms with Crippen molar-refractivity contribution in [3.05, 3.63) is 15.6 Å². The van der Waals surface area contributed by atoms with Crippen LogP contribution in [-0.4, -0.2) is 21.7 Å². The molecule has 17 heavy (non-hydrogen) atoms. The molecule has 1 fully saturated rings. The van der Waals surface area contributed by atoms with Gasteiger partial charge in [-0.3, -0.25) is 0 Å². The predicted octanol–water partition coefficient (Wildman–Crippen LogP) is 3.63. The number of nitrogens with two attached hydrogens (primary N) is 1. The van der Waals surface area contributed by atoms with Crippen molar-refractivity contribution in [2.45, 2.75) is 43.7 Å². The molecule has 2 unspecified atom stereocenters. The van der Waals surface area contributed by atoms with Gasteiger partial charge in [-0.2, -0.15) is 11.8 Å². The van der Waals surface area contributed by atoms with Crippen LogP contribution in [0.25, 0.3) is 0 Å². The smallest absolute Gasteiger partial charge is 0.107 e. The molecule has 1 saturated heterocycles. The van der Waals surface area contributed by atoms with Crippen LogP contribution in [0.4, 0.5) is 0 Å². The summed E-state index contributed by atoms with van der Waals surface area (Å²) in [4.78, 5) is 6.14. The molecule has 2 nitrogen and oxygen atoms in total. The zero-order valence-corrected chi connectivity index (χ0v) is 13.1. The maximum Gasteiger partial charge on any atom is 0.107 e. The second-order valence-corrected chi connectivity index (χ2v) is 8.44. The summed E-state index contributed by atoms with van der Waals surface area (Å²) in [5, 5.41) is 2.53. The van der Waals surface area contributed by atoms with Crippen molar-refractivity contribution in [2.24, 2.45) is 5.73 Å². The van der Waals surface area contributed by atoms with E-state index in [2.05, 4.69) is 44.3 Å². The molecule has 0 saturated carbocycles. The van der Waals surface area contributed by atoms with Gasteiger partial charge in [-0.05, 0) is 5.92 Å². The molecule has 1 aliphatic heterocycles. The Balaban J connectivity index is 2.26. The van der Waals surface area contributed by atoms with Crippen molar-refractivity contribution in [1.29, 1.82) is 0 Å². The molecular formula is C12H20N2S3. The molecule has 1 aromatic rings. The summed E-state index contributed by atoms with van der Waals surface area (Å²) in [6.45, 7) is 7.35. The van der Waals surface area contributed by atoms with E-state index < -0.39 is 0 Å². The molecule has 0 bridgehead atoms. The number of rotatable bonds is 3. The summed E-state index contributed by atoms with van der Waals surface area (Å²) < 4.78 is 0. The van der Waals surface area contributed by atoms with Crippen LogP contribution in [0.2, 0.25) is 0 Å². The highest BCUT2D eigenvalue weighted by molar-refractivity contribution is 8.06. The molecule has 0 amide bonds. The third-order valence-electron chi connectivity index (χ3n) is 2.91. The van der Waals surface area contributed by atoms with Crippen LogP contribution in [0.3, 0.4) is 0 Å². The molecule has 0 radical (unpaired) electrons. The summed E-state index contributed by atoms with van der Waals surface area (Å²) in [7, 11) is 0. The highest BCUT2D eigenvalue weighted by atomic mass is 32.2. The van der Waals surface area contributed by atoms with E-state index in [-0.39, 0.29) is 0 Å². The Morgan fingerprint density at radius 3 is 2.59 bits per heavy atom. The Morgan fingerprint density at radius 2 is 2.06 bits per heavy atom. The second kappa shape index (κ2) is 5.95. The van der Waals surface area contributed by atoms with E-state index >= 15 is 0 Å². The lowest BCUT2D eigenvalue weighted by atomic mass is 10.1. The number of hydrogen-bond donors (Lipinski definition) is 1. The number of thioether (sulfide) groups is 2. The largest absolute Gasteiger partial charge is 0.326 e. The van der Waals surface area contributed by atoms with Crippen molar-refractivity contribution < 1.29 is 0 Å². The third-order valence-corrected chi connectivity index (χ3v) is 7.33. The number of hydrogen-bond acceptors (Lipinski definition) is 5. The van der Waals surface area contributed by atoms with E-state index in [0.717, 1.165) is 0 Å². The first-order valence-electron chi connectivity index (χ1n) is 6.06. The van der Waals surface area contributed by atoms with Crippen LogP contribution in [0, 0.1) is 0 Å². The minimum absolute atomic E-state index is 0.482. The van der Waals surface area contributed by atoms with Crippen LogP contribution in [0.5, 0.6) is 0 Å². The standard InChI is InChI=1S/C12H20N2S3/c1-7(2)10-9(6-13)17-12(14-10)11-8(3)15-4-5-16-11/h7-8,11H,4-6,13H2,1-3H3. The first-order chi connectivity index (χ1) is 8.13. The third kappa shape index (κ3) is 3.00. The average molecular weight is 289 g/mol. The van der Waals surface area contributed by atoms with Crippen LogP contribution in [0.15, 0.2) is 0 Å². The van der Waals surface area contributed by atoms with E-state index in [1.165, 1.54) is 27.1 Å². The molecule has 1 aliphatic rings. The molecule has 2 heterocycles. The monoisotopic (exact) mass is 288 g/mol. The number of nitrogens with zero attached hydrogens (tertiary/aromatic N) is 1. The first kappa shape index (κ1) is 13.7. The molecule has 96 valence electrons. The molecule has 5 heteroatoms. The van der Waals surface area contributed by atoms with E-state index in [9.17, 15) is 0 Å². The minimum Gasteiger partial charge on any atom is -0.326 e. The van der Waals surface area contributed by atoms with Crippen molar-refractivity contribution in [1.82, 2.24) is 4.98 Å². The zero-order valence-electron chi connectivity index (χ0n) is 10.6.